The van der Waals surface area contributed by atoms with Crippen molar-refractivity contribution >= 4 is 8.07 Å². The Kier molecular flexibility index (Phi) is 5.19. The zero-order valence-corrected chi connectivity index (χ0v) is 13.9. The first-order valence-electron chi connectivity index (χ1n) is 7.49. The van der Waals surface area contributed by atoms with Crippen LogP contribution in [0.4, 0.5) is 0 Å². The molecule has 1 aliphatic rings. The van der Waals surface area contributed by atoms with E-state index in [2.05, 4.69) is 55.2 Å². The second-order valence-corrected chi connectivity index (χ2v) is 11.1. The average Bonchev–Trinajstić information content (AvgIpc) is 2.83. The third kappa shape index (κ3) is 4.89. The van der Waals surface area contributed by atoms with E-state index in [1.54, 1.807) is 0 Å². The van der Waals surface area contributed by atoms with Gasteiger partial charge in [-0.3, -0.25) is 0 Å². The second-order valence-electron chi connectivity index (χ2n) is 6.42. The molecule has 0 saturated carbocycles. The predicted molar refractivity (Wildman–Crippen MR) is 86.3 cm³/mol. The van der Waals surface area contributed by atoms with E-state index >= 15 is 0 Å². The van der Waals surface area contributed by atoms with Crippen LogP contribution in [0.25, 0.3) is 0 Å². The summed E-state index contributed by atoms with van der Waals surface area (Å²) in [5.41, 5.74) is 3.90. The minimum absolute atomic E-state index is 0.352. The van der Waals surface area contributed by atoms with Crippen molar-refractivity contribution in [1.82, 2.24) is 0 Å². The van der Waals surface area contributed by atoms with Gasteiger partial charge in [0.15, 0.2) is 5.79 Å². The van der Waals surface area contributed by atoms with E-state index < -0.39 is 8.07 Å². The fraction of sp³-hybridized carbons (Fsp3) is 0.529. The van der Waals surface area contributed by atoms with Gasteiger partial charge in [-0.2, -0.15) is 0 Å². The maximum atomic E-state index is 5.62. The van der Waals surface area contributed by atoms with Gasteiger partial charge in [-0.1, -0.05) is 60.8 Å². The molecule has 2 nitrogen and oxygen atoms in total. The normalized spacial score (nSPS) is 18.8. The molecule has 110 valence electrons. The zero-order chi connectivity index (χ0) is 14.5. The molecule has 0 radical (unpaired) electrons. The highest BCUT2D eigenvalue weighted by Crippen LogP contribution is 2.24. The lowest BCUT2D eigenvalue weighted by molar-refractivity contribution is -0.145. The molecular formula is C17H26O2Si. The molecule has 20 heavy (non-hydrogen) atoms. The number of allylic oxidation sites excluding steroid dienone is 1. The van der Waals surface area contributed by atoms with E-state index in [9.17, 15) is 0 Å². The standard InChI is InChI=1S/C17H26O2Si/c1-17(18-12-13-19-17)11-7-8-14-20(2,3)15-16-9-5-4-6-10-16/h4-6,8-10,14H,7,11-13,15H2,1-3H3/b14-8+. The van der Waals surface area contributed by atoms with Crippen LogP contribution < -0.4 is 0 Å². The molecule has 0 aliphatic carbocycles. The molecule has 1 fully saturated rings. The quantitative estimate of drug-likeness (QED) is 0.734. The summed E-state index contributed by atoms with van der Waals surface area (Å²) in [6.07, 6.45) is 4.30. The smallest absolute Gasteiger partial charge is 0.166 e. The van der Waals surface area contributed by atoms with Crippen molar-refractivity contribution in [2.24, 2.45) is 0 Å². The number of benzene rings is 1. The van der Waals surface area contributed by atoms with E-state index in [0.717, 1.165) is 26.1 Å². The maximum Gasteiger partial charge on any atom is 0.166 e. The number of hydrogen-bond acceptors (Lipinski definition) is 2. The molecule has 0 aromatic heterocycles. The van der Waals surface area contributed by atoms with Crippen molar-refractivity contribution in [3.63, 3.8) is 0 Å². The highest BCUT2D eigenvalue weighted by Gasteiger charge is 2.29. The van der Waals surface area contributed by atoms with Crippen molar-refractivity contribution in [3.05, 3.63) is 47.7 Å². The second kappa shape index (κ2) is 6.70. The molecule has 3 heteroatoms. The predicted octanol–water partition coefficient (Wildman–Crippen LogP) is 4.12. The van der Waals surface area contributed by atoms with E-state index in [-0.39, 0.29) is 5.79 Å². The molecule has 1 aliphatic heterocycles. The monoisotopic (exact) mass is 290 g/mol. The molecular weight excluding hydrogens is 264 g/mol. The number of hydrogen-bond donors (Lipinski definition) is 0. The van der Waals surface area contributed by atoms with E-state index in [1.165, 1.54) is 11.6 Å². The van der Waals surface area contributed by atoms with Gasteiger partial charge in [0.25, 0.3) is 0 Å². The summed E-state index contributed by atoms with van der Waals surface area (Å²) in [6, 6.07) is 12.0. The minimum atomic E-state index is -1.31. The van der Waals surface area contributed by atoms with Gasteiger partial charge in [-0.05, 0) is 19.4 Å². The molecule has 2 rings (SSSR count). The maximum absolute atomic E-state index is 5.62. The highest BCUT2D eigenvalue weighted by molar-refractivity contribution is 6.81. The largest absolute Gasteiger partial charge is 0.348 e. The lowest BCUT2D eigenvalue weighted by Gasteiger charge is -2.22. The Morgan fingerprint density at radius 2 is 1.80 bits per heavy atom. The van der Waals surface area contributed by atoms with Gasteiger partial charge in [0.2, 0.25) is 0 Å². The van der Waals surface area contributed by atoms with Crippen LogP contribution in [0.5, 0.6) is 0 Å². The first kappa shape index (κ1) is 15.5. The fourth-order valence-electron chi connectivity index (χ4n) is 2.63. The molecule has 1 aromatic carbocycles. The van der Waals surface area contributed by atoms with Crippen LogP contribution in [-0.4, -0.2) is 27.1 Å². The summed E-state index contributed by atoms with van der Waals surface area (Å²) in [5, 5.41) is 0. The molecule has 1 saturated heterocycles. The van der Waals surface area contributed by atoms with Gasteiger partial charge in [0, 0.05) is 6.42 Å². The van der Waals surface area contributed by atoms with Gasteiger partial charge < -0.3 is 9.47 Å². The first-order valence-corrected chi connectivity index (χ1v) is 10.8. The minimum Gasteiger partial charge on any atom is -0.348 e. The molecule has 0 bridgehead atoms. The summed E-state index contributed by atoms with van der Waals surface area (Å²) in [4.78, 5) is 0. The molecule has 0 spiro atoms. The molecule has 0 N–H and O–H groups in total. The Morgan fingerprint density at radius 1 is 1.15 bits per heavy atom. The topological polar surface area (TPSA) is 18.5 Å². The summed E-state index contributed by atoms with van der Waals surface area (Å²) in [7, 11) is -1.31. The lowest BCUT2D eigenvalue weighted by Crippen LogP contribution is -2.27. The summed E-state index contributed by atoms with van der Waals surface area (Å²) >= 11 is 0. The van der Waals surface area contributed by atoms with Crippen LogP contribution in [0.3, 0.4) is 0 Å². The Bertz CT molecular complexity index is 434. The van der Waals surface area contributed by atoms with Crippen molar-refractivity contribution in [2.75, 3.05) is 13.2 Å². The fourth-order valence-corrected chi connectivity index (χ4v) is 4.84. The number of rotatable bonds is 6. The molecule has 1 heterocycles. The Labute approximate surface area is 123 Å². The molecule has 0 amide bonds. The number of ether oxygens (including phenoxy) is 2. The Balaban J connectivity index is 1.80. The molecule has 0 unspecified atom stereocenters. The summed E-state index contributed by atoms with van der Waals surface area (Å²) < 4.78 is 11.2. The van der Waals surface area contributed by atoms with Gasteiger partial charge in [0.05, 0.1) is 21.3 Å². The van der Waals surface area contributed by atoms with Crippen LogP contribution in [-0.2, 0) is 15.5 Å². The van der Waals surface area contributed by atoms with Crippen molar-refractivity contribution < 1.29 is 9.47 Å². The van der Waals surface area contributed by atoms with Crippen LogP contribution in [0.15, 0.2) is 42.1 Å². The van der Waals surface area contributed by atoms with E-state index in [1.807, 2.05) is 6.92 Å². The van der Waals surface area contributed by atoms with Gasteiger partial charge in [-0.15, -0.1) is 0 Å². The summed E-state index contributed by atoms with van der Waals surface area (Å²) in [5.74, 6) is -0.352. The van der Waals surface area contributed by atoms with Gasteiger partial charge >= 0.3 is 0 Å². The van der Waals surface area contributed by atoms with E-state index in [4.69, 9.17) is 9.47 Å². The third-order valence-corrected chi connectivity index (χ3v) is 6.19. The van der Waals surface area contributed by atoms with Crippen molar-refractivity contribution in [3.8, 4) is 0 Å². The van der Waals surface area contributed by atoms with Gasteiger partial charge in [-0.25, -0.2) is 0 Å². The average molecular weight is 290 g/mol. The van der Waals surface area contributed by atoms with Crippen LogP contribution >= 0.6 is 0 Å². The highest BCUT2D eigenvalue weighted by atomic mass is 28.3. The van der Waals surface area contributed by atoms with Gasteiger partial charge in [0.1, 0.15) is 0 Å². The van der Waals surface area contributed by atoms with E-state index in [0.29, 0.717) is 0 Å². The zero-order valence-electron chi connectivity index (χ0n) is 12.9. The summed E-state index contributed by atoms with van der Waals surface area (Å²) in [6.45, 7) is 8.34. The third-order valence-electron chi connectivity index (χ3n) is 3.73. The lowest BCUT2D eigenvalue weighted by atomic mass is 10.2. The van der Waals surface area contributed by atoms with Crippen molar-refractivity contribution in [1.29, 1.82) is 0 Å². The van der Waals surface area contributed by atoms with Crippen molar-refractivity contribution in [2.45, 2.75) is 44.7 Å². The molecule has 0 atom stereocenters. The molecule has 1 aromatic rings. The SMILES string of the molecule is CC1(CC/C=C/[Si](C)(C)Cc2ccccc2)OCCO1. The Morgan fingerprint density at radius 3 is 2.45 bits per heavy atom. The Hall–Kier alpha value is -0.903. The van der Waals surface area contributed by atoms with Crippen LogP contribution in [0.2, 0.25) is 13.1 Å². The van der Waals surface area contributed by atoms with Crippen LogP contribution in [0.1, 0.15) is 25.3 Å². The van der Waals surface area contributed by atoms with Crippen LogP contribution in [0, 0.1) is 0 Å². The first-order chi connectivity index (χ1) is 9.49.